The molecular formula is C29H32N6. The zero-order valence-corrected chi connectivity index (χ0v) is 20.2. The fourth-order valence-corrected chi connectivity index (χ4v) is 6.45. The standard InChI is InChI=1S/C29H32N6/c1-34-32-28(31-33-34)25-19-29(24-15-9-4-10-16-24)27(30-20-22-11-5-2-6-12-22)18-17-26(25)35(29)21-23-13-7-3-8-14-23/h2-16,25-27,30H,17-21H2,1H3/t25-,26+,27-,29-/m1/s1. The minimum atomic E-state index is -0.154. The molecule has 0 radical (unpaired) electrons. The van der Waals surface area contributed by atoms with Gasteiger partial charge in [0.25, 0.3) is 0 Å². The quantitative estimate of drug-likeness (QED) is 0.439. The molecule has 1 N–H and O–H groups in total. The van der Waals surface area contributed by atoms with Crippen molar-refractivity contribution in [1.29, 1.82) is 0 Å². The first-order valence-electron chi connectivity index (χ1n) is 12.6. The maximum Gasteiger partial charge on any atom is 0.179 e. The van der Waals surface area contributed by atoms with E-state index < -0.39 is 0 Å². The number of aromatic nitrogens is 4. The van der Waals surface area contributed by atoms with Crippen molar-refractivity contribution < 1.29 is 0 Å². The number of nitrogens with one attached hydrogen (secondary N) is 1. The molecule has 0 saturated carbocycles. The molecule has 178 valence electrons. The normalized spacial score (nSPS) is 26.1. The van der Waals surface area contributed by atoms with Crippen molar-refractivity contribution in [3.8, 4) is 0 Å². The first-order valence-corrected chi connectivity index (χ1v) is 12.6. The predicted octanol–water partition coefficient (Wildman–Crippen LogP) is 4.42. The van der Waals surface area contributed by atoms with Crippen LogP contribution in [0.1, 0.15) is 47.7 Å². The van der Waals surface area contributed by atoms with Crippen LogP contribution in [0.25, 0.3) is 0 Å². The molecule has 0 amide bonds. The number of aryl methyl sites for hydroxylation is 1. The summed E-state index contributed by atoms with van der Waals surface area (Å²) in [5.41, 5.74) is 3.88. The van der Waals surface area contributed by atoms with Crippen LogP contribution < -0.4 is 5.32 Å². The van der Waals surface area contributed by atoms with Gasteiger partial charge in [-0.3, -0.25) is 4.90 Å². The lowest BCUT2D eigenvalue weighted by molar-refractivity contribution is 0.00973. The summed E-state index contributed by atoms with van der Waals surface area (Å²) >= 11 is 0. The van der Waals surface area contributed by atoms with Crippen LogP contribution in [0.15, 0.2) is 91.0 Å². The maximum atomic E-state index is 4.69. The molecule has 1 aromatic heterocycles. The topological polar surface area (TPSA) is 58.9 Å². The van der Waals surface area contributed by atoms with Crippen LogP contribution in [-0.4, -0.2) is 37.2 Å². The molecule has 2 aliphatic rings. The third-order valence-electron chi connectivity index (χ3n) is 7.96. The fraction of sp³-hybridized carbons (Fsp3) is 0.345. The lowest BCUT2D eigenvalue weighted by atomic mass is 9.76. The average molecular weight is 465 g/mol. The molecular weight excluding hydrogens is 432 g/mol. The smallest absolute Gasteiger partial charge is 0.179 e. The first-order chi connectivity index (χ1) is 17.2. The Morgan fingerprint density at radius 1 is 0.857 bits per heavy atom. The van der Waals surface area contributed by atoms with Gasteiger partial charge in [0.15, 0.2) is 5.82 Å². The lowest BCUT2D eigenvalue weighted by Crippen LogP contribution is -2.60. The zero-order valence-electron chi connectivity index (χ0n) is 20.2. The highest BCUT2D eigenvalue weighted by Gasteiger charge is 2.60. The van der Waals surface area contributed by atoms with Gasteiger partial charge in [-0.2, -0.15) is 4.80 Å². The fourth-order valence-electron chi connectivity index (χ4n) is 6.45. The zero-order chi connectivity index (χ0) is 23.7. The summed E-state index contributed by atoms with van der Waals surface area (Å²) < 4.78 is 0. The molecule has 6 nitrogen and oxygen atoms in total. The summed E-state index contributed by atoms with van der Waals surface area (Å²) in [5.74, 6) is 1.12. The molecule has 0 unspecified atom stereocenters. The summed E-state index contributed by atoms with van der Waals surface area (Å²) in [6, 6.07) is 33.4. The van der Waals surface area contributed by atoms with Crippen LogP contribution >= 0.6 is 0 Å². The van der Waals surface area contributed by atoms with Crippen LogP contribution in [-0.2, 0) is 25.7 Å². The Morgan fingerprint density at radius 2 is 1.51 bits per heavy atom. The minimum absolute atomic E-state index is 0.154. The number of nitrogens with zero attached hydrogens (tertiary/aromatic N) is 5. The highest BCUT2D eigenvalue weighted by Crippen LogP contribution is 2.56. The Hall–Kier alpha value is -3.35. The van der Waals surface area contributed by atoms with E-state index in [1.54, 1.807) is 4.80 Å². The molecule has 4 aromatic rings. The third kappa shape index (κ3) is 4.07. The van der Waals surface area contributed by atoms with Gasteiger partial charge in [-0.25, -0.2) is 0 Å². The van der Waals surface area contributed by atoms with Gasteiger partial charge >= 0.3 is 0 Å². The van der Waals surface area contributed by atoms with Crippen LogP contribution in [0.5, 0.6) is 0 Å². The number of fused-ring (bicyclic) bond motifs is 2. The van der Waals surface area contributed by atoms with E-state index >= 15 is 0 Å². The van der Waals surface area contributed by atoms with Crippen molar-refractivity contribution in [2.24, 2.45) is 7.05 Å². The molecule has 3 heterocycles. The van der Waals surface area contributed by atoms with E-state index in [9.17, 15) is 0 Å². The molecule has 2 saturated heterocycles. The highest BCUT2D eigenvalue weighted by atomic mass is 15.6. The van der Waals surface area contributed by atoms with Crippen molar-refractivity contribution in [3.63, 3.8) is 0 Å². The molecule has 2 fully saturated rings. The molecule has 3 aromatic carbocycles. The Balaban J connectivity index is 1.43. The lowest BCUT2D eigenvalue weighted by Gasteiger charge is -2.51. The Morgan fingerprint density at radius 3 is 2.17 bits per heavy atom. The Bertz CT molecular complexity index is 1240. The number of rotatable bonds is 7. The molecule has 0 aliphatic carbocycles. The van der Waals surface area contributed by atoms with Gasteiger partial charge in [-0.15, -0.1) is 10.2 Å². The second kappa shape index (κ2) is 9.36. The molecule has 6 heteroatoms. The second-order valence-corrected chi connectivity index (χ2v) is 9.92. The number of hydrogen-bond donors (Lipinski definition) is 1. The average Bonchev–Trinajstić information content (AvgIpc) is 3.42. The monoisotopic (exact) mass is 464 g/mol. The van der Waals surface area contributed by atoms with E-state index in [4.69, 9.17) is 0 Å². The molecule has 0 spiro atoms. The van der Waals surface area contributed by atoms with Crippen molar-refractivity contribution in [3.05, 3.63) is 114 Å². The number of hydrogen-bond acceptors (Lipinski definition) is 5. The summed E-state index contributed by atoms with van der Waals surface area (Å²) in [6.45, 7) is 1.76. The number of tetrazole rings is 1. The molecule has 6 rings (SSSR count). The van der Waals surface area contributed by atoms with Gasteiger partial charge in [0.1, 0.15) is 0 Å². The third-order valence-corrected chi connectivity index (χ3v) is 7.96. The summed E-state index contributed by atoms with van der Waals surface area (Å²) in [6.07, 6.45) is 3.21. The van der Waals surface area contributed by atoms with Gasteiger partial charge in [0, 0.05) is 31.1 Å². The van der Waals surface area contributed by atoms with E-state index in [0.29, 0.717) is 12.1 Å². The van der Waals surface area contributed by atoms with Gasteiger partial charge in [-0.05, 0) is 41.2 Å². The summed E-state index contributed by atoms with van der Waals surface area (Å²) in [4.78, 5) is 4.35. The van der Waals surface area contributed by atoms with Gasteiger partial charge in [0.05, 0.1) is 12.6 Å². The highest BCUT2D eigenvalue weighted by molar-refractivity contribution is 5.35. The molecule has 2 aliphatic heterocycles. The second-order valence-electron chi connectivity index (χ2n) is 9.92. The largest absolute Gasteiger partial charge is 0.308 e. The van der Waals surface area contributed by atoms with E-state index in [1.807, 2.05) is 7.05 Å². The molecule has 4 atom stereocenters. The summed E-state index contributed by atoms with van der Waals surface area (Å²) in [5, 5.41) is 17.4. The van der Waals surface area contributed by atoms with E-state index in [1.165, 1.54) is 16.7 Å². The van der Waals surface area contributed by atoms with E-state index in [2.05, 4.69) is 117 Å². The SMILES string of the molecule is Cn1nnc([C@@H]2C[C@@]3(c4ccccc4)[C@H](NCc4ccccc4)CC[C@@H]2N3Cc2ccccc2)n1. The van der Waals surface area contributed by atoms with Crippen LogP contribution in [0.2, 0.25) is 0 Å². The Kier molecular flexibility index (Phi) is 5.92. The van der Waals surface area contributed by atoms with Crippen molar-refractivity contribution in [2.75, 3.05) is 0 Å². The van der Waals surface area contributed by atoms with Gasteiger partial charge in [-0.1, -0.05) is 91.0 Å². The van der Waals surface area contributed by atoms with Crippen LogP contribution in [0.3, 0.4) is 0 Å². The van der Waals surface area contributed by atoms with E-state index in [-0.39, 0.29) is 11.5 Å². The van der Waals surface area contributed by atoms with Gasteiger partial charge < -0.3 is 5.32 Å². The number of benzene rings is 3. The summed E-state index contributed by atoms with van der Waals surface area (Å²) in [7, 11) is 1.86. The molecule has 35 heavy (non-hydrogen) atoms. The van der Waals surface area contributed by atoms with Crippen molar-refractivity contribution in [1.82, 2.24) is 30.4 Å². The minimum Gasteiger partial charge on any atom is -0.308 e. The molecule has 2 bridgehead atoms. The van der Waals surface area contributed by atoms with Crippen LogP contribution in [0, 0.1) is 0 Å². The van der Waals surface area contributed by atoms with Gasteiger partial charge in [0.2, 0.25) is 0 Å². The van der Waals surface area contributed by atoms with E-state index in [0.717, 1.165) is 38.2 Å². The van der Waals surface area contributed by atoms with Crippen LogP contribution in [0.4, 0.5) is 0 Å². The first kappa shape index (κ1) is 22.1. The Labute approximate surface area is 207 Å². The number of piperidine rings is 1. The maximum absolute atomic E-state index is 4.69. The predicted molar refractivity (Wildman–Crippen MR) is 136 cm³/mol. The van der Waals surface area contributed by atoms with Crippen molar-refractivity contribution in [2.45, 2.75) is 55.9 Å². The van der Waals surface area contributed by atoms with Crippen molar-refractivity contribution >= 4 is 0 Å².